The Kier molecular flexibility index (Phi) is 5.02. The second-order valence-corrected chi connectivity index (χ2v) is 7.07. The number of piperidine rings is 1. The zero-order valence-corrected chi connectivity index (χ0v) is 14.0. The van der Waals surface area contributed by atoms with Gasteiger partial charge in [-0.15, -0.1) is 0 Å². The van der Waals surface area contributed by atoms with E-state index in [1.165, 1.54) is 11.1 Å². The Hall–Kier alpha value is -1.39. The van der Waals surface area contributed by atoms with Crippen LogP contribution in [0.2, 0.25) is 0 Å². The zero-order chi connectivity index (χ0) is 16.3. The van der Waals surface area contributed by atoms with Crippen molar-refractivity contribution in [3.05, 3.63) is 35.4 Å². The number of carbonyl (C=O) groups excluding carboxylic acids is 1. The summed E-state index contributed by atoms with van der Waals surface area (Å²) < 4.78 is 5.26. The summed E-state index contributed by atoms with van der Waals surface area (Å²) in [5.74, 6) is 0.542. The van der Waals surface area contributed by atoms with Gasteiger partial charge in [0.25, 0.3) is 5.91 Å². The van der Waals surface area contributed by atoms with Gasteiger partial charge in [0.2, 0.25) is 0 Å². The fourth-order valence-electron chi connectivity index (χ4n) is 3.61. The van der Waals surface area contributed by atoms with E-state index in [-0.39, 0.29) is 5.91 Å². The predicted octanol–water partition coefficient (Wildman–Crippen LogP) is 2.32. The topological polar surface area (TPSA) is 49.8 Å². The highest BCUT2D eigenvalue weighted by atomic mass is 16.5. The second kappa shape index (κ2) is 7.02. The van der Waals surface area contributed by atoms with Crippen LogP contribution in [0.3, 0.4) is 0 Å². The van der Waals surface area contributed by atoms with Crippen molar-refractivity contribution in [2.45, 2.75) is 44.6 Å². The SMILES string of the molecule is Cc1ccc(CC2CCN(C(=O)C3(O)CCOCC3)CC2)cc1. The van der Waals surface area contributed by atoms with Crippen molar-refractivity contribution in [3.8, 4) is 0 Å². The number of aliphatic hydroxyl groups is 1. The molecule has 2 aliphatic heterocycles. The quantitative estimate of drug-likeness (QED) is 0.931. The molecule has 0 saturated carbocycles. The Balaban J connectivity index is 1.51. The van der Waals surface area contributed by atoms with E-state index < -0.39 is 5.60 Å². The highest BCUT2D eigenvalue weighted by molar-refractivity contribution is 5.85. The molecule has 126 valence electrons. The molecule has 2 fully saturated rings. The number of hydrogen-bond acceptors (Lipinski definition) is 3. The minimum atomic E-state index is -1.19. The molecule has 3 rings (SSSR count). The van der Waals surface area contributed by atoms with Gasteiger partial charge in [-0.05, 0) is 37.7 Å². The number of hydrogen-bond donors (Lipinski definition) is 1. The van der Waals surface area contributed by atoms with E-state index in [0.29, 0.717) is 32.0 Å². The number of benzene rings is 1. The third kappa shape index (κ3) is 3.93. The molecule has 1 N–H and O–H groups in total. The summed E-state index contributed by atoms with van der Waals surface area (Å²) >= 11 is 0. The Morgan fingerprint density at radius 3 is 2.43 bits per heavy atom. The first kappa shape index (κ1) is 16.5. The highest BCUT2D eigenvalue weighted by Gasteiger charge is 2.41. The van der Waals surface area contributed by atoms with Crippen molar-refractivity contribution in [1.29, 1.82) is 0 Å². The van der Waals surface area contributed by atoms with Crippen LogP contribution < -0.4 is 0 Å². The third-order valence-electron chi connectivity index (χ3n) is 5.26. The van der Waals surface area contributed by atoms with E-state index in [0.717, 1.165) is 32.4 Å². The van der Waals surface area contributed by atoms with Gasteiger partial charge in [0.1, 0.15) is 5.60 Å². The molecule has 0 aromatic heterocycles. The lowest BCUT2D eigenvalue weighted by Crippen LogP contribution is -2.53. The molecule has 1 aromatic rings. The molecule has 23 heavy (non-hydrogen) atoms. The normalized spacial score (nSPS) is 22.1. The first-order valence-corrected chi connectivity index (χ1v) is 8.72. The molecule has 0 unspecified atom stereocenters. The molecule has 1 aromatic carbocycles. The van der Waals surface area contributed by atoms with E-state index in [1.807, 2.05) is 4.90 Å². The number of aryl methyl sites for hydroxylation is 1. The molecule has 2 aliphatic rings. The Bertz CT molecular complexity index is 526. The monoisotopic (exact) mass is 317 g/mol. The maximum Gasteiger partial charge on any atom is 0.254 e. The van der Waals surface area contributed by atoms with Crippen LogP contribution in [0.4, 0.5) is 0 Å². The summed E-state index contributed by atoms with van der Waals surface area (Å²) in [6.45, 7) is 4.59. The summed E-state index contributed by atoms with van der Waals surface area (Å²) in [6, 6.07) is 8.73. The van der Waals surface area contributed by atoms with Crippen LogP contribution in [0, 0.1) is 12.8 Å². The van der Waals surface area contributed by atoms with Crippen LogP contribution in [0.1, 0.15) is 36.8 Å². The predicted molar refractivity (Wildman–Crippen MR) is 89.2 cm³/mol. The number of carbonyl (C=O) groups is 1. The van der Waals surface area contributed by atoms with Crippen LogP contribution in [0.25, 0.3) is 0 Å². The van der Waals surface area contributed by atoms with E-state index in [9.17, 15) is 9.90 Å². The van der Waals surface area contributed by atoms with E-state index in [2.05, 4.69) is 31.2 Å². The molecular formula is C19H27NO3. The second-order valence-electron chi connectivity index (χ2n) is 7.07. The number of likely N-dealkylation sites (tertiary alicyclic amines) is 1. The van der Waals surface area contributed by atoms with Crippen LogP contribution >= 0.6 is 0 Å². The van der Waals surface area contributed by atoms with Gasteiger partial charge in [-0.3, -0.25) is 4.79 Å². The first-order chi connectivity index (χ1) is 11.1. The largest absolute Gasteiger partial charge is 0.381 e. The van der Waals surface area contributed by atoms with Crippen LogP contribution in [-0.4, -0.2) is 47.8 Å². The maximum atomic E-state index is 12.6. The van der Waals surface area contributed by atoms with E-state index in [4.69, 9.17) is 4.74 Å². The van der Waals surface area contributed by atoms with Crippen LogP contribution in [-0.2, 0) is 16.0 Å². The van der Waals surface area contributed by atoms with Crippen molar-refractivity contribution in [3.63, 3.8) is 0 Å². The molecule has 4 nitrogen and oxygen atoms in total. The minimum absolute atomic E-state index is 0.0883. The summed E-state index contributed by atoms with van der Waals surface area (Å²) in [5.41, 5.74) is 1.48. The molecule has 0 aliphatic carbocycles. The van der Waals surface area contributed by atoms with Gasteiger partial charge in [0, 0.05) is 39.1 Å². The number of nitrogens with zero attached hydrogens (tertiary/aromatic N) is 1. The van der Waals surface area contributed by atoms with E-state index in [1.54, 1.807) is 0 Å². The van der Waals surface area contributed by atoms with Crippen LogP contribution in [0.15, 0.2) is 24.3 Å². The van der Waals surface area contributed by atoms with Crippen molar-refractivity contribution in [1.82, 2.24) is 4.90 Å². The van der Waals surface area contributed by atoms with Crippen molar-refractivity contribution in [2.24, 2.45) is 5.92 Å². The molecule has 0 bridgehead atoms. The highest BCUT2D eigenvalue weighted by Crippen LogP contribution is 2.27. The van der Waals surface area contributed by atoms with Gasteiger partial charge in [-0.1, -0.05) is 29.8 Å². The fraction of sp³-hybridized carbons (Fsp3) is 0.632. The average Bonchev–Trinajstić information content (AvgIpc) is 2.58. The summed E-state index contributed by atoms with van der Waals surface area (Å²) in [7, 11) is 0. The zero-order valence-electron chi connectivity index (χ0n) is 14.0. The maximum absolute atomic E-state index is 12.6. The molecule has 2 heterocycles. The van der Waals surface area contributed by atoms with Gasteiger partial charge in [0.15, 0.2) is 0 Å². The third-order valence-corrected chi connectivity index (χ3v) is 5.26. The number of ether oxygens (including phenoxy) is 1. The standard InChI is InChI=1S/C19H27NO3/c1-15-2-4-16(5-3-15)14-17-6-10-20(11-7-17)18(21)19(22)8-12-23-13-9-19/h2-5,17,22H,6-14H2,1H3. The Morgan fingerprint density at radius 2 is 1.83 bits per heavy atom. The summed E-state index contributed by atoms with van der Waals surface area (Å²) in [6.07, 6.45) is 3.98. The lowest BCUT2D eigenvalue weighted by Gasteiger charge is -2.39. The van der Waals surface area contributed by atoms with Gasteiger partial charge in [-0.25, -0.2) is 0 Å². The van der Waals surface area contributed by atoms with Crippen molar-refractivity contribution < 1.29 is 14.6 Å². The lowest BCUT2D eigenvalue weighted by atomic mass is 9.87. The fourth-order valence-corrected chi connectivity index (χ4v) is 3.61. The molecule has 4 heteroatoms. The molecular weight excluding hydrogens is 290 g/mol. The summed E-state index contributed by atoms with van der Waals surface area (Å²) in [5, 5.41) is 10.5. The molecule has 1 amide bonds. The lowest BCUT2D eigenvalue weighted by molar-refractivity contribution is -0.162. The van der Waals surface area contributed by atoms with E-state index >= 15 is 0 Å². The molecule has 0 radical (unpaired) electrons. The summed E-state index contributed by atoms with van der Waals surface area (Å²) in [4.78, 5) is 14.5. The molecule has 2 saturated heterocycles. The van der Waals surface area contributed by atoms with Gasteiger partial charge >= 0.3 is 0 Å². The molecule has 0 atom stereocenters. The van der Waals surface area contributed by atoms with Gasteiger partial charge in [-0.2, -0.15) is 0 Å². The average molecular weight is 317 g/mol. The van der Waals surface area contributed by atoms with Crippen molar-refractivity contribution >= 4 is 5.91 Å². The molecule has 0 spiro atoms. The Morgan fingerprint density at radius 1 is 1.22 bits per heavy atom. The smallest absolute Gasteiger partial charge is 0.254 e. The van der Waals surface area contributed by atoms with Crippen molar-refractivity contribution in [2.75, 3.05) is 26.3 Å². The minimum Gasteiger partial charge on any atom is -0.381 e. The Labute approximate surface area is 138 Å². The number of rotatable bonds is 3. The first-order valence-electron chi connectivity index (χ1n) is 8.72. The van der Waals surface area contributed by atoms with Gasteiger partial charge in [0.05, 0.1) is 0 Å². The van der Waals surface area contributed by atoms with Gasteiger partial charge < -0.3 is 14.7 Å². The number of amides is 1. The van der Waals surface area contributed by atoms with Crippen LogP contribution in [0.5, 0.6) is 0 Å².